The Morgan fingerprint density at radius 1 is 1.25 bits per heavy atom. The highest BCUT2D eigenvalue weighted by Gasteiger charge is 2.23. The average molecular weight is 268 g/mol. The summed E-state index contributed by atoms with van der Waals surface area (Å²) in [5.41, 5.74) is 5.25. The van der Waals surface area contributed by atoms with E-state index in [-0.39, 0.29) is 5.91 Å². The summed E-state index contributed by atoms with van der Waals surface area (Å²) >= 11 is 0. The van der Waals surface area contributed by atoms with Crippen LogP contribution >= 0.6 is 0 Å². The Hall–Kier alpha value is -2.40. The van der Waals surface area contributed by atoms with E-state index < -0.39 is 0 Å². The van der Waals surface area contributed by atoms with Crippen LogP contribution in [0.25, 0.3) is 0 Å². The Kier molecular flexibility index (Phi) is 3.35. The van der Waals surface area contributed by atoms with Crippen molar-refractivity contribution in [3.63, 3.8) is 0 Å². The minimum Gasteiger partial charge on any atom is -0.308 e. The first-order valence-corrected chi connectivity index (χ1v) is 6.62. The van der Waals surface area contributed by atoms with E-state index in [4.69, 9.17) is 5.84 Å². The molecule has 0 saturated carbocycles. The van der Waals surface area contributed by atoms with Crippen molar-refractivity contribution in [3.05, 3.63) is 53.7 Å². The normalized spacial score (nSPS) is 13.8. The van der Waals surface area contributed by atoms with Gasteiger partial charge in [-0.1, -0.05) is 18.2 Å². The number of nitrogens with zero attached hydrogens (tertiary/aromatic N) is 2. The third-order valence-electron chi connectivity index (χ3n) is 3.51. The molecular formula is C15H16N4O. The number of fused-ring (bicyclic) bond motifs is 1. The van der Waals surface area contributed by atoms with Crippen LogP contribution in [0.15, 0.2) is 42.6 Å². The zero-order chi connectivity index (χ0) is 13.9. The molecule has 0 atom stereocenters. The van der Waals surface area contributed by atoms with Crippen LogP contribution < -0.4 is 16.2 Å². The molecule has 3 N–H and O–H groups in total. The fourth-order valence-corrected chi connectivity index (χ4v) is 2.51. The standard InChI is InChI=1S/C15H16N4O/c16-18-14-8-7-12(10-17-14)15(20)19-9-3-5-11-4-1-2-6-13(11)19/h1-2,4,6-8,10H,3,5,9,16H2,(H,17,18). The van der Waals surface area contributed by atoms with Crippen LogP contribution in [-0.4, -0.2) is 17.4 Å². The van der Waals surface area contributed by atoms with Crippen molar-refractivity contribution >= 4 is 17.4 Å². The highest BCUT2D eigenvalue weighted by molar-refractivity contribution is 6.06. The minimum atomic E-state index is -0.0202. The maximum absolute atomic E-state index is 12.6. The van der Waals surface area contributed by atoms with Crippen molar-refractivity contribution in [2.45, 2.75) is 12.8 Å². The second-order valence-electron chi connectivity index (χ2n) is 4.77. The molecule has 1 amide bonds. The lowest BCUT2D eigenvalue weighted by Gasteiger charge is -2.29. The Morgan fingerprint density at radius 3 is 2.85 bits per heavy atom. The van der Waals surface area contributed by atoms with Crippen molar-refractivity contribution < 1.29 is 4.79 Å². The van der Waals surface area contributed by atoms with Gasteiger partial charge in [0.05, 0.1) is 5.56 Å². The first-order chi connectivity index (χ1) is 9.79. The third kappa shape index (κ3) is 2.23. The number of anilines is 2. The number of nitrogens with one attached hydrogen (secondary N) is 1. The monoisotopic (exact) mass is 268 g/mol. The zero-order valence-electron chi connectivity index (χ0n) is 11.0. The highest BCUT2D eigenvalue weighted by Crippen LogP contribution is 2.28. The summed E-state index contributed by atoms with van der Waals surface area (Å²) in [4.78, 5) is 18.5. The molecule has 2 heterocycles. The quantitative estimate of drug-likeness (QED) is 0.645. The fourth-order valence-electron chi connectivity index (χ4n) is 2.51. The second-order valence-corrected chi connectivity index (χ2v) is 4.77. The second kappa shape index (κ2) is 5.30. The summed E-state index contributed by atoms with van der Waals surface area (Å²) in [6.07, 6.45) is 3.56. The summed E-state index contributed by atoms with van der Waals surface area (Å²) < 4.78 is 0. The van der Waals surface area contributed by atoms with Gasteiger partial charge in [0.25, 0.3) is 5.91 Å². The van der Waals surface area contributed by atoms with E-state index >= 15 is 0 Å². The van der Waals surface area contributed by atoms with E-state index in [2.05, 4.69) is 16.5 Å². The number of nitrogens with two attached hydrogens (primary N) is 1. The Bertz CT molecular complexity index is 624. The van der Waals surface area contributed by atoms with Gasteiger partial charge in [-0.15, -0.1) is 0 Å². The summed E-state index contributed by atoms with van der Waals surface area (Å²) in [6.45, 7) is 0.743. The minimum absolute atomic E-state index is 0.0202. The molecule has 0 saturated heterocycles. The molecular weight excluding hydrogens is 252 g/mol. The number of nitrogen functional groups attached to an aromatic ring is 1. The van der Waals surface area contributed by atoms with Crippen molar-refractivity contribution in [1.29, 1.82) is 0 Å². The lowest BCUT2D eigenvalue weighted by atomic mass is 10.0. The van der Waals surface area contributed by atoms with Crippen LogP contribution in [0.1, 0.15) is 22.3 Å². The first-order valence-electron chi connectivity index (χ1n) is 6.62. The number of carbonyl (C=O) groups excluding carboxylic acids is 1. The van der Waals surface area contributed by atoms with Crippen molar-refractivity contribution in [2.24, 2.45) is 5.84 Å². The van der Waals surface area contributed by atoms with E-state index in [1.165, 1.54) is 5.56 Å². The lowest BCUT2D eigenvalue weighted by molar-refractivity contribution is 0.0985. The molecule has 20 heavy (non-hydrogen) atoms. The molecule has 0 spiro atoms. The smallest absolute Gasteiger partial charge is 0.259 e. The van der Waals surface area contributed by atoms with Crippen molar-refractivity contribution in [3.8, 4) is 0 Å². The Morgan fingerprint density at radius 2 is 2.10 bits per heavy atom. The number of benzene rings is 1. The van der Waals surface area contributed by atoms with Crippen LogP contribution in [-0.2, 0) is 6.42 Å². The van der Waals surface area contributed by atoms with Crippen LogP contribution in [0.2, 0.25) is 0 Å². The SMILES string of the molecule is NNc1ccc(C(=O)N2CCCc3ccccc32)cn1. The number of hydrazine groups is 1. The average Bonchev–Trinajstić information content (AvgIpc) is 2.54. The summed E-state index contributed by atoms with van der Waals surface area (Å²) in [5, 5.41) is 0. The van der Waals surface area contributed by atoms with Gasteiger partial charge in [0.1, 0.15) is 5.82 Å². The number of hydrogen-bond acceptors (Lipinski definition) is 4. The maximum atomic E-state index is 12.6. The molecule has 5 nitrogen and oxygen atoms in total. The molecule has 0 radical (unpaired) electrons. The van der Waals surface area contributed by atoms with Crippen molar-refractivity contribution in [1.82, 2.24) is 4.98 Å². The number of aromatic nitrogens is 1. The molecule has 0 unspecified atom stereocenters. The molecule has 1 aromatic carbocycles. The van der Waals surface area contributed by atoms with Gasteiger partial charge in [0.2, 0.25) is 0 Å². The topological polar surface area (TPSA) is 71.2 Å². The molecule has 0 fully saturated rings. The summed E-state index contributed by atoms with van der Waals surface area (Å²) in [6, 6.07) is 11.5. The molecule has 1 aromatic heterocycles. The van der Waals surface area contributed by atoms with Gasteiger partial charge in [-0.25, -0.2) is 10.8 Å². The van der Waals surface area contributed by atoms with Gasteiger partial charge >= 0.3 is 0 Å². The Balaban J connectivity index is 1.91. The lowest BCUT2D eigenvalue weighted by Crippen LogP contribution is -2.35. The van der Waals surface area contributed by atoms with Crippen LogP contribution in [0.4, 0.5) is 11.5 Å². The number of amides is 1. The third-order valence-corrected chi connectivity index (χ3v) is 3.51. The molecule has 3 rings (SSSR count). The van der Waals surface area contributed by atoms with Crippen LogP contribution in [0.3, 0.4) is 0 Å². The van der Waals surface area contributed by atoms with E-state index in [0.717, 1.165) is 25.1 Å². The zero-order valence-corrected chi connectivity index (χ0v) is 11.0. The fraction of sp³-hybridized carbons (Fsp3) is 0.200. The van der Waals surface area contributed by atoms with E-state index in [0.29, 0.717) is 11.4 Å². The molecule has 1 aliphatic rings. The molecule has 2 aromatic rings. The predicted octanol–water partition coefficient (Wildman–Crippen LogP) is 1.96. The van der Waals surface area contributed by atoms with Gasteiger partial charge in [-0.05, 0) is 36.6 Å². The van der Waals surface area contributed by atoms with E-state index in [9.17, 15) is 4.79 Å². The van der Waals surface area contributed by atoms with E-state index in [1.807, 2.05) is 23.1 Å². The van der Waals surface area contributed by atoms with E-state index in [1.54, 1.807) is 18.3 Å². The van der Waals surface area contributed by atoms with Gasteiger partial charge in [-0.3, -0.25) is 4.79 Å². The number of aryl methyl sites for hydroxylation is 1. The van der Waals surface area contributed by atoms with Gasteiger partial charge in [-0.2, -0.15) is 0 Å². The van der Waals surface area contributed by atoms with Crippen LogP contribution in [0, 0.1) is 0 Å². The maximum Gasteiger partial charge on any atom is 0.259 e. The summed E-state index contributed by atoms with van der Waals surface area (Å²) in [7, 11) is 0. The Labute approximate surface area is 117 Å². The van der Waals surface area contributed by atoms with Crippen LogP contribution in [0.5, 0.6) is 0 Å². The summed E-state index contributed by atoms with van der Waals surface area (Å²) in [5.74, 6) is 5.80. The number of hydrogen-bond donors (Lipinski definition) is 2. The van der Waals surface area contributed by atoms with Crippen molar-refractivity contribution in [2.75, 3.05) is 16.9 Å². The predicted molar refractivity (Wildman–Crippen MR) is 78.5 cm³/mol. The number of carbonyl (C=O) groups is 1. The van der Waals surface area contributed by atoms with Gasteiger partial charge in [0, 0.05) is 18.4 Å². The largest absolute Gasteiger partial charge is 0.308 e. The number of para-hydroxylation sites is 1. The number of pyridine rings is 1. The molecule has 5 heteroatoms. The highest BCUT2D eigenvalue weighted by atomic mass is 16.2. The van der Waals surface area contributed by atoms with Gasteiger partial charge < -0.3 is 10.3 Å². The number of rotatable bonds is 2. The molecule has 0 aliphatic carbocycles. The molecule has 0 bridgehead atoms. The van der Waals surface area contributed by atoms with Gasteiger partial charge in [0.15, 0.2) is 0 Å². The molecule has 102 valence electrons. The first kappa shape index (κ1) is 12.6. The molecule has 1 aliphatic heterocycles.